The molecule has 0 heterocycles. The molecule has 2 rings (SSSR count). The van der Waals surface area contributed by atoms with E-state index in [2.05, 4.69) is 0 Å². The largest absolute Gasteiger partial charge is 0.449 e. The van der Waals surface area contributed by atoms with Crippen LogP contribution in [0, 0.1) is 27.3 Å². The van der Waals surface area contributed by atoms with Crippen molar-refractivity contribution in [2.75, 3.05) is 0 Å². The van der Waals surface area contributed by atoms with Gasteiger partial charge in [-0.3, -0.25) is 10.1 Å². The molecule has 0 aliphatic rings. The molecule has 0 radical (unpaired) electrons. The molecule has 5 nitrogen and oxygen atoms in total. The molecule has 100 valence electrons. The molecule has 0 spiro atoms. The Hall–Kier alpha value is -2.65. The molecule has 0 fully saturated rings. The monoisotopic (exact) mass is 292 g/mol. The maximum absolute atomic E-state index is 13.2. The van der Waals surface area contributed by atoms with Crippen molar-refractivity contribution in [3.05, 3.63) is 62.9 Å². The molecule has 7 heteroatoms. The van der Waals surface area contributed by atoms with Gasteiger partial charge in [-0.15, -0.1) is 0 Å². The van der Waals surface area contributed by atoms with Gasteiger partial charge in [0.2, 0.25) is 5.75 Å². The van der Waals surface area contributed by atoms with Crippen LogP contribution < -0.4 is 4.74 Å². The summed E-state index contributed by atoms with van der Waals surface area (Å²) in [6.07, 6.45) is 0. The fourth-order valence-corrected chi connectivity index (χ4v) is 1.67. The van der Waals surface area contributed by atoms with Gasteiger partial charge in [-0.1, -0.05) is 11.6 Å². The molecule has 0 atom stereocenters. The summed E-state index contributed by atoms with van der Waals surface area (Å²) in [6.45, 7) is 0. The molecule has 0 unspecified atom stereocenters. The number of halogens is 2. The summed E-state index contributed by atoms with van der Waals surface area (Å²) in [6, 6.07) is 8.89. The molecular formula is C13H6ClFN2O3. The highest BCUT2D eigenvalue weighted by Crippen LogP contribution is 2.34. The summed E-state index contributed by atoms with van der Waals surface area (Å²) in [5, 5.41) is 20.1. The van der Waals surface area contributed by atoms with Crippen LogP contribution in [0.25, 0.3) is 0 Å². The third kappa shape index (κ3) is 2.84. The van der Waals surface area contributed by atoms with Crippen LogP contribution in [0.15, 0.2) is 36.4 Å². The second-order valence-corrected chi connectivity index (χ2v) is 4.16. The molecule has 0 saturated carbocycles. The molecule has 2 aromatic rings. The van der Waals surface area contributed by atoms with E-state index >= 15 is 0 Å². The molecule has 0 N–H and O–H groups in total. The predicted molar refractivity (Wildman–Crippen MR) is 69.3 cm³/mol. The lowest BCUT2D eigenvalue weighted by Gasteiger charge is -2.08. The van der Waals surface area contributed by atoms with Crippen LogP contribution in [0.4, 0.5) is 10.1 Å². The Kier molecular flexibility index (Phi) is 3.82. The van der Waals surface area contributed by atoms with Crippen LogP contribution in [-0.4, -0.2) is 4.92 Å². The Morgan fingerprint density at radius 3 is 2.65 bits per heavy atom. The van der Waals surface area contributed by atoms with Gasteiger partial charge in [-0.25, -0.2) is 4.39 Å². The van der Waals surface area contributed by atoms with E-state index in [1.807, 2.05) is 6.07 Å². The third-order valence-corrected chi connectivity index (χ3v) is 2.64. The molecule has 0 aliphatic carbocycles. The Morgan fingerprint density at radius 1 is 1.25 bits per heavy atom. The van der Waals surface area contributed by atoms with Gasteiger partial charge in [0, 0.05) is 23.2 Å². The Bertz CT molecular complexity index is 728. The van der Waals surface area contributed by atoms with E-state index < -0.39 is 16.4 Å². The normalized spacial score (nSPS) is 9.85. The molecule has 0 aromatic heterocycles. The first-order valence-electron chi connectivity index (χ1n) is 5.32. The van der Waals surface area contributed by atoms with E-state index in [1.165, 1.54) is 18.2 Å². The van der Waals surface area contributed by atoms with Gasteiger partial charge in [0.05, 0.1) is 10.5 Å². The molecule has 0 saturated heterocycles. The van der Waals surface area contributed by atoms with Crippen LogP contribution in [0.3, 0.4) is 0 Å². The van der Waals surface area contributed by atoms with E-state index in [9.17, 15) is 14.5 Å². The minimum absolute atomic E-state index is 0.0219. The first-order chi connectivity index (χ1) is 9.51. The predicted octanol–water partition coefficient (Wildman–Crippen LogP) is 4.05. The van der Waals surface area contributed by atoms with Crippen molar-refractivity contribution in [3.63, 3.8) is 0 Å². The number of hydrogen-bond acceptors (Lipinski definition) is 4. The summed E-state index contributed by atoms with van der Waals surface area (Å²) < 4.78 is 18.4. The summed E-state index contributed by atoms with van der Waals surface area (Å²) in [5.74, 6) is -0.964. The fraction of sp³-hybridized carbons (Fsp3) is 0. The molecule has 0 bridgehead atoms. The van der Waals surface area contributed by atoms with Gasteiger partial charge in [0.25, 0.3) is 0 Å². The summed E-state index contributed by atoms with van der Waals surface area (Å²) >= 11 is 5.78. The Morgan fingerprint density at radius 2 is 2.00 bits per heavy atom. The van der Waals surface area contributed by atoms with Gasteiger partial charge in [-0.2, -0.15) is 5.26 Å². The summed E-state index contributed by atoms with van der Waals surface area (Å²) in [5.41, 5.74) is -0.275. The van der Waals surface area contributed by atoms with Crippen molar-refractivity contribution in [2.45, 2.75) is 0 Å². The lowest BCUT2D eigenvalue weighted by Crippen LogP contribution is -1.95. The van der Waals surface area contributed by atoms with Crippen molar-refractivity contribution in [3.8, 4) is 17.6 Å². The average Bonchev–Trinajstić information content (AvgIpc) is 2.38. The smallest absolute Gasteiger partial charge is 0.311 e. The third-order valence-electron chi connectivity index (χ3n) is 2.40. The molecule has 0 aliphatic heterocycles. The number of benzene rings is 2. The molecular weight excluding hydrogens is 287 g/mol. The number of rotatable bonds is 3. The molecule has 0 amide bonds. The highest BCUT2D eigenvalue weighted by Gasteiger charge is 2.18. The van der Waals surface area contributed by atoms with Crippen molar-refractivity contribution < 1.29 is 14.1 Å². The van der Waals surface area contributed by atoms with Crippen LogP contribution in [0.1, 0.15) is 5.56 Å². The zero-order valence-electron chi connectivity index (χ0n) is 9.84. The van der Waals surface area contributed by atoms with Gasteiger partial charge in [0.15, 0.2) is 0 Å². The SMILES string of the molecule is N#Cc1ccc(Cl)cc1Oc1cc(F)ccc1[N+](=O)[O-]. The lowest BCUT2D eigenvalue weighted by atomic mass is 10.2. The Balaban J connectivity index is 2.50. The quantitative estimate of drug-likeness (QED) is 0.631. The van der Waals surface area contributed by atoms with Gasteiger partial charge in [0.1, 0.15) is 17.6 Å². The fourth-order valence-electron chi connectivity index (χ4n) is 1.51. The highest BCUT2D eigenvalue weighted by atomic mass is 35.5. The maximum atomic E-state index is 13.2. The van der Waals surface area contributed by atoms with E-state index in [-0.39, 0.29) is 22.1 Å². The summed E-state index contributed by atoms with van der Waals surface area (Å²) in [7, 11) is 0. The first-order valence-corrected chi connectivity index (χ1v) is 5.70. The van der Waals surface area contributed by atoms with E-state index in [1.54, 1.807) is 0 Å². The Labute approximate surface area is 117 Å². The lowest BCUT2D eigenvalue weighted by molar-refractivity contribution is -0.385. The van der Waals surface area contributed by atoms with Crippen LogP contribution >= 0.6 is 11.6 Å². The average molecular weight is 293 g/mol. The first kappa shape index (κ1) is 13.8. The van der Waals surface area contributed by atoms with Crippen molar-refractivity contribution in [1.29, 1.82) is 5.26 Å². The second-order valence-electron chi connectivity index (χ2n) is 3.72. The van der Waals surface area contributed by atoms with Gasteiger partial charge < -0.3 is 4.74 Å². The summed E-state index contributed by atoms with van der Waals surface area (Å²) in [4.78, 5) is 10.2. The number of nitro benzene ring substituents is 1. The second kappa shape index (κ2) is 5.55. The van der Waals surface area contributed by atoms with Crippen LogP contribution in [-0.2, 0) is 0 Å². The number of hydrogen-bond donors (Lipinski definition) is 0. The van der Waals surface area contributed by atoms with Gasteiger partial charge in [-0.05, 0) is 18.2 Å². The highest BCUT2D eigenvalue weighted by molar-refractivity contribution is 6.30. The zero-order valence-corrected chi connectivity index (χ0v) is 10.6. The molecule has 2 aromatic carbocycles. The topological polar surface area (TPSA) is 76.2 Å². The maximum Gasteiger partial charge on any atom is 0.311 e. The van der Waals surface area contributed by atoms with Crippen molar-refractivity contribution in [1.82, 2.24) is 0 Å². The molecule has 20 heavy (non-hydrogen) atoms. The minimum atomic E-state index is -0.703. The number of nitrogens with zero attached hydrogens (tertiary/aromatic N) is 2. The standard InChI is InChI=1S/C13H6ClFN2O3/c14-9-2-1-8(7-16)12(5-9)20-13-6-10(15)3-4-11(13)17(18)19/h1-6H. The van der Waals surface area contributed by atoms with Gasteiger partial charge >= 0.3 is 5.69 Å². The minimum Gasteiger partial charge on any atom is -0.449 e. The van der Waals surface area contributed by atoms with Crippen LogP contribution in [0.5, 0.6) is 11.5 Å². The van der Waals surface area contributed by atoms with E-state index in [4.69, 9.17) is 21.6 Å². The van der Waals surface area contributed by atoms with Crippen LogP contribution in [0.2, 0.25) is 5.02 Å². The number of ether oxygens (including phenoxy) is 1. The van der Waals surface area contributed by atoms with Crippen molar-refractivity contribution in [2.24, 2.45) is 0 Å². The number of nitro groups is 1. The zero-order chi connectivity index (χ0) is 14.7. The van der Waals surface area contributed by atoms with E-state index in [0.717, 1.165) is 18.2 Å². The van der Waals surface area contributed by atoms with E-state index in [0.29, 0.717) is 0 Å². The van der Waals surface area contributed by atoms with Crippen molar-refractivity contribution >= 4 is 17.3 Å². The number of nitriles is 1.